The van der Waals surface area contributed by atoms with E-state index in [0.717, 1.165) is 33.3 Å². The standard InChI is InChI=1S/C21H19NO/c1-14(2)15-7-9-16(10-8-15)22-17-11-12-19-18-5-3-4-6-20(18)23-21(19)13-17/h3-14,22H,1-2H3. The molecule has 114 valence electrons. The molecule has 2 nitrogen and oxygen atoms in total. The van der Waals surface area contributed by atoms with Gasteiger partial charge >= 0.3 is 0 Å². The largest absolute Gasteiger partial charge is 0.456 e. The Balaban J connectivity index is 1.67. The molecule has 3 aromatic carbocycles. The summed E-state index contributed by atoms with van der Waals surface area (Å²) in [4.78, 5) is 0. The van der Waals surface area contributed by atoms with Gasteiger partial charge in [0.2, 0.25) is 0 Å². The van der Waals surface area contributed by atoms with E-state index in [4.69, 9.17) is 4.42 Å². The Kier molecular flexibility index (Phi) is 3.30. The van der Waals surface area contributed by atoms with Crippen LogP contribution in [0.4, 0.5) is 11.4 Å². The average molecular weight is 301 g/mol. The summed E-state index contributed by atoms with van der Waals surface area (Å²) in [6, 6.07) is 23.0. The van der Waals surface area contributed by atoms with Crippen LogP contribution in [0.15, 0.2) is 71.1 Å². The maximum atomic E-state index is 5.94. The third-order valence-electron chi connectivity index (χ3n) is 4.24. The highest BCUT2D eigenvalue weighted by Crippen LogP contribution is 2.31. The predicted molar refractivity (Wildman–Crippen MR) is 97.5 cm³/mol. The SMILES string of the molecule is CC(C)c1ccc(Nc2ccc3c(c2)oc2ccccc23)cc1. The third kappa shape index (κ3) is 2.57. The number of para-hydroxylation sites is 1. The van der Waals surface area contributed by atoms with Crippen LogP contribution in [0.1, 0.15) is 25.3 Å². The summed E-state index contributed by atoms with van der Waals surface area (Å²) in [5.41, 5.74) is 5.32. The van der Waals surface area contributed by atoms with Crippen LogP contribution in [0.25, 0.3) is 21.9 Å². The van der Waals surface area contributed by atoms with Gasteiger partial charge in [-0.25, -0.2) is 0 Å². The minimum atomic E-state index is 0.552. The van der Waals surface area contributed by atoms with Crippen molar-refractivity contribution in [1.29, 1.82) is 0 Å². The molecule has 0 bridgehead atoms. The molecular weight excluding hydrogens is 282 g/mol. The number of benzene rings is 3. The molecule has 0 unspecified atom stereocenters. The molecule has 0 atom stereocenters. The summed E-state index contributed by atoms with van der Waals surface area (Å²) in [6.07, 6.45) is 0. The lowest BCUT2D eigenvalue weighted by atomic mass is 10.0. The monoisotopic (exact) mass is 301 g/mol. The van der Waals surface area contributed by atoms with Crippen LogP contribution in [-0.2, 0) is 0 Å². The molecule has 0 aliphatic carbocycles. The van der Waals surface area contributed by atoms with Crippen molar-refractivity contribution in [2.45, 2.75) is 19.8 Å². The maximum Gasteiger partial charge on any atom is 0.137 e. The maximum absolute atomic E-state index is 5.94. The molecule has 0 saturated carbocycles. The van der Waals surface area contributed by atoms with Gasteiger partial charge in [-0.2, -0.15) is 0 Å². The molecule has 0 aliphatic heterocycles. The molecule has 0 spiro atoms. The van der Waals surface area contributed by atoms with E-state index >= 15 is 0 Å². The summed E-state index contributed by atoms with van der Waals surface area (Å²) in [6.45, 7) is 4.41. The molecule has 0 fully saturated rings. The number of furan rings is 1. The molecule has 0 aliphatic rings. The lowest BCUT2D eigenvalue weighted by molar-refractivity contribution is 0.669. The fourth-order valence-corrected chi connectivity index (χ4v) is 2.92. The first kappa shape index (κ1) is 13.9. The van der Waals surface area contributed by atoms with Gasteiger partial charge in [-0.1, -0.05) is 44.2 Å². The first-order chi connectivity index (χ1) is 11.2. The number of rotatable bonds is 3. The van der Waals surface area contributed by atoms with E-state index in [1.165, 1.54) is 5.56 Å². The molecule has 1 N–H and O–H groups in total. The van der Waals surface area contributed by atoms with Crippen molar-refractivity contribution in [2.24, 2.45) is 0 Å². The van der Waals surface area contributed by atoms with E-state index in [1.54, 1.807) is 0 Å². The predicted octanol–water partition coefficient (Wildman–Crippen LogP) is 6.45. The molecule has 4 rings (SSSR count). The average Bonchev–Trinajstić information content (AvgIpc) is 2.93. The molecule has 0 radical (unpaired) electrons. The van der Waals surface area contributed by atoms with Crippen LogP contribution in [-0.4, -0.2) is 0 Å². The second-order valence-electron chi connectivity index (χ2n) is 6.21. The van der Waals surface area contributed by atoms with Crippen LogP contribution in [0, 0.1) is 0 Å². The summed E-state index contributed by atoms with van der Waals surface area (Å²) in [7, 11) is 0. The summed E-state index contributed by atoms with van der Waals surface area (Å²) < 4.78 is 5.94. The summed E-state index contributed by atoms with van der Waals surface area (Å²) >= 11 is 0. The van der Waals surface area contributed by atoms with Crippen molar-refractivity contribution in [1.82, 2.24) is 0 Å². The van der Waals surface area contributed by atoms with Crippen molar-refractivity contribution in [3.63, 3.8) is 0 Å². The fourth-order valence-electron chi connectivity index (χ4n) is 2.92. The third-order valence-corrected chi connectivity index (χ3v) is 4.24. The van der Waals surface area contributed by atoms with Gasteiger partial charge in [-0.15, -0.1) is 0 Å². The van der Waals surface area contributed by atoms with E-state index in [9.17, 15) is 0 Å². The lowest BCUT2D eigenvalue weighted by Gasteiger charge is -2.09. The van der Waals surface area contributed by atoms with Crippen molar-refractivity contribution in [3.05, 3.63) is 72.3 Å². The molecule has 1 aromatic heterocycles. The first-order valence-electron chi connectivity index (χ1n) is 7.99. The van der Waals surface area contributed by atoms with Crippen LogP contribution in [0.5, 0.6) is 0 Å². The quantitative estimate of drug-likeness (QED) is 0.470. The Morgan fingerprint density at radius 1 is 0.739 bits per heavy atom. The molecular formula is C21H19NO. The fraction of sp³-hybridized carbons (Fsp3) is 0.143. The van der Waals surface area contributed by atoms with Gasteiger partial charge < -0.3 is 9.73 Å². The molecule has 0 amide bonds. The van der Waals surface area contributed by atoms with E-state index < -0.39 is 0 Å². The van der Waals surface area contributed by atoms with Gasteiger partial charge in [0.15, 0.2) is 0 Å². The number of hydrogen-bond donors (Lipinski definition) is 1. The number of anilines is 2. The molecule has 23 heavy (non-hydrogen) atoms. The van der Waals surface area contributed by atoms with Gasteiger partial charge in [0, 0.05) is 28.2 Å². The van der Waals surface area contributed by atoms with Crippen LogP contribution >= 0.6 is 0 Å². The second-order valence-corrected chi connectivity index (χ2v) is 6.21. The van der Waals surface area contributed by atoms with E-state index in [2.05, 4.69) is 67.7 Å². The van der Waals surface area contributed by atoms with Crippen molar-refractivity contribution >= 4 is 33.3 Å². The van der Waals surface area contributed by atoms with Crippen LogP contribution in [0.3, 0.4) is 0 Å². The van der Waals surface area contributed by atoms with Gasteiger partial charge in [-0.05, 0) is 41.8 Å². The Hall–Kier alpha value is -2.74. The zero-order chi connectivity index (χ0) is 15.8. The highest BCUT2D eigenvalue weighted by atomic mass is 16.3. The van der Waals surface area contributed by atoms with E-state index in [0.29, 0.717) is 5.92 Å². The smallest absolute Gasteiger partial charge is 0.137 e. The Morgan fingerprint density at radius 2 is 1.43 bits per heavy atom. The van der Waals surface area contributed by atoms with Gasteiger partial charge in [-0.3, -0.25) is 0 Å². The Labute approximate surface area is 135 Å². The normalized spacial score (nSPS) is 11.4. The van der Waals surface area contributed by atoms with Crippen molar-refractivity contribution < 1.29 is 4.42 Å². The minimum Gasteiger partial charge on any atom is -0.456 e. The second kappa shape index (κ2) is 5.47. The minimum absolute atomic E-state index is 0.552. The molecule has 4 aromatic rings. The zero-order valence-electron chi connectivity index (χ0n) is 13.3. The van der Waals surface area contributed by atoms with Gasteiger partial charge in [0.1, 0.15) is 11.2 Å². The zero-order valence-corrected chi connectivity index (χ0v) is 13.3. The highest BCUT2D eigenvalue weighted by Gasteiger charge is 2.07. The molecule has 0 saturated heterocycles. The van der Waals surface area contributed by atoms with Crippen LogP contribution < -0.4 is 5.32 Å². The summed E-state index contributed by atoms with van der Waals surface area (Å²) in [5.74, 6) is 0.552. The molecule has 1 heterocycles. The topological polar surface area (TPSA) is 25.2 Å². The van der Waals surface area contributed by atoms with Gasteiger partial charge in [0.05, 0.1) is 0 Å². The number of hydrogen-bond acceptors (Lipinski definition) is 2. The van der Waals surface area contributed by atoms with Crippen molar-refractivity contribution in [3.8, 4) is 0 Å². The van der Waals surface area contributed by atoms with E-state index in [-0.39, 0.29) is 0 Å². The summed E-state index contributed by atoms with van der Waals surface area (Å²) in [5, 5.41) is 5.76. The first-order valence-corrected chi connectivity index (χ1v) is 7.99. The van der Waals surface area contributed by atoms with E-state index in [1.807, 2.05) is 18.2 Å². The Morgan fingerprint density at radius 3 is 2.22 bits per heavy atom. The van der Waals surface area contributed by atoms with Gasteiger partial charge in [0.25, 0.3) is 0 Å². The van der Waals surface area contributed by atoms with Crippen LogP contribution in [0.2, 0.25) is 0 Å². The molecule has 2 heteroatoms. The Bertz CT molecular complexity index is 964. The highest BCUT2D eigenvalue weighted by molar-refractivity contribution is 6.05. The number of nitrogens with one attached hydrogen (secondary N) is 1. The lowest BCUT2D eigenvalue weighted by Crippen LogP contribution is -1.91. The van der Waals surface area contributed by atoms with Crippen molar-refractivity contribution in [2.75, 3.05) is 5.32 Å². The number of fused-ring (bicyclic) bond motifs is 3.